The molecule has 0 heterocycles. The molecule has 1 aromatic carbocycles. The number of hydrogen-bond acceptors (Lipinski definition) is 4. The smallest absolute Gasteiger partial charge is 0.407 e. The van der Waals surface area contributed by atoms with E-state index in [2.05, 4.69) is 33.1 Å². The zero-order chi connectivity index (χ0) is 21.7. The molecular formula is C21H36IN5O3. The van der Waals surface area contributed by atoms with E-state index in [4.69, 9.17) is 4.74 Å². The van der Waals surface area contributed by atoms with Gasteiger partial charge in [-0.25, -0.2) is 9.79 Å². The maximum Gasteiger partial charge on any atom is 0.407 e. The molecule has 0 aliphatic carbocycles. The number of likely N-dealkylation sites (N-methyl/N-ethyl adjacent to an activating group) is 1. The zero-order valence-corrected chi connectivity index (χ0v) is 21.0. The fourth-order valence-electron chi connectivity index (χ4n) is 2.23. The maximum absolute atomic E-state index is 11.8. The van der Waals surface area contributed by atoms with E-state index in [9.17, 15) is 9.59 Å². The van der Waals surface area contributed by atoms with E-state index in [1.807, 2.05) is 39.0 Å². The van der Waals surface area contributed by atoms with Crippen molar-refractivity contribution in [1.82, 2.24) is 20.9 Å². The SMILES string of the molecule is CN(C)C(=O)CN=C(NCCCNC(=O)OC(C)(C)C)NCCc1ccccc1.I. The molecule has 0 aromatic heterocycles. The lowest BCUT2D eigenvalue weighted by Crippen LogP contribution is -2.41. The molecule has 1 aromatic rings. The minimum Gasteiger partial charge on any atom is -0.444 e. The number of nitrogens with one attached hydrogen (secondary N) is 3. The van der Waals surface area contributed by atoms with Crippen LogP contribution >= 0.6 is 24.0 Å². The summed E-state index contributed by atoms with van der Waals surface area (Å²) in [5, 5.41) is 9.17. The molecule has 2 amide bonds. The number of aliphatic imine (C=N–C) groups is 1. The van der Waals surface area contributed by atoms with Crippen molar-refractivity contribution in [3.05, 3.63) is 35.9 Å². The summed E-state index contributed by atoms with van der Waals surface area (Å²) in [5.41, 5.74) is 0.717. The van der Waals surface area contributed by atoms with Crippen LogP contribution in [-0.4, -0.2) is 68.7 Å². The van der Waals surface area contributed by atoms with E-state index >= 15 is 0 Å². The van der Waals surface area contributed by atoms with Crippen LogP contribution in [0.4, 0.5) is 4.79 Å². The monoisotopic (exact) mass is 533 g/mol. The number of amides is 2. The van der Waals surface area contributed by atoms with Crippen LogP contribution in [-0.2, 0) is 16.0 Å². The molecule has 0 saturated carbocycles. The Morgan fingerprint density at radius 3 is 2.20 bits per heavy atom. The van der Waals surface area contributed by atoms with Crippen molar-refractivity contribution in [2.45, 2.75) is 39.2 Å². The highest BCUT2D eigenvalue weighted by molar-refractivity contribution is 14.0. The van der Waals surface area contributed by atoms with Gasteiger partial charge in [-0.15, -0.1) is 24.0 Å². The van der Waals surface area contributed by atoms with Crippen molar-refractivity contribution in [3.63, 3.8) is 0 Å². The molecule has 8 nitrogen and oxygen atoms in total. The number of carbonyl (C=O) groups excluding carboxylic acids is 2. The van der Waals surface area contributed by atoms with Crippen LogP contribution in [0.25, 0.3) is 0 Å². The summed E-state index contributed by atoms with van der Waals surface area (Å²) in [4.78, 5) is 29.3. The third kappa shape index (κ3) is 14.0. The number of carbonyl (C=O) groups is 2. The predicted molar refractivity (Wildman–Crippen MR) is 131 cm³/mol. The Labute approximate surface area is 197 Å². The van der Waals surface area contributed by atoms with Crippen molar-refractivity contribution >= 4 is 41.9 Å². The minimum atomic E-state index is -0.510. The number of halogens is 1. The fourth-order valence-corrected chi connectivity index (χ4v) is 2.23. The van der Waals surface area contributed by atoms with E-state index in [0.29, 0.717) is 32.0 Å². The second-order valence-corrected chi connectivity index (χ2v) is 7.82. The van der Waals surface area contributed by atoms with Crippen LogP contribution in [0, 0.1) is 0 Å². The first-order valence-electron chi connectivity index (χ1n) is 9.90. The molecule has 0 aliphatic rings. The highest BCUT2D eigenvalue weighted by Crippen LogP contribution is 2.06. The number of guanidine groups is 1. The van der Waals surface area contributed by atoms with Gasteiger partial charge in [0.2, 0.25) is 5.91 Å². The molecule has 170 valence electrons. The standard InChI is InChI=1S/C21H35N5O3.HI/c1-21(2,3)29-20(28)24-14-9-13-22-19(25-16-18(27)26(4)5)23-15-12-17-10-7-6-8-11-17;/h6-8,10-11H,9,12-16H2,1-5H3,(H,24,28)(H2,22,23,25);1H. The number of alkyl carbamates (subject to hydrolysis) is 1. The molecule has 1 rings (SSSR count). The first-order chi connectivity index (χ1) is 13.7. The van der Waals surface area contributed by atoms with E-state index < -0.39 is 11.7 Å². The Hall–Kier alpha value is -2.04. The van der Waals surface area contributed by atoms with E-state index in [0.717, 1.165) is 6.42 Å². The topological polar surface area (TPSA) is 95.1 Å². The highest BCUT2D eigenvalue weighted by Gasteiger charge is 2.15. The van der Waals surface area contributed by atoms with E-state index in [1.165, 1.54) is 10.5 Å². The van der Waals surface area contributed by atoms with Crippen molar-refractivity contribution in [3.8, 4) is 0 Å². The molecule has 0 radical (unpaired) electrons. The number of ether oxygens (including phenoxy) is 1. The van der Waals surface area contributed by atoms with Gasteiger partial charge in [0.05, 0.1) is 0 Å². The summed E-state index contributed by atoms with van der Waals surface area (Å²) in [6.07, 6.45) is 1.12. The molecule has 30 heavy (non-hydrogen) atoms. The van der Waals surface area contributed by atoms with Crippen LogP contribution in [0.5, 0.6) is 0 Å². The van der Waals surface area contributed by atoms with Gasteiger partial charge >= 0.3 is 6.09 Å². The number of hydrogen-bond donors (Lipinski definition) is 3. The Morgan fingerprint density at radius 1 is 1.00 bits per heavy atom. The van der Waals surface area contributed by atoms with Gasteiger partial charge in [-0.2, -0.15) is 0 Å². The molecule has 9 heteroatoms. The quantitative estimate of drug-likeness (QED) is 0.196. The molecule has 0 aliphatic heterocycles. The van der Waals surface area contributed by atoms with Gasteiger partial charge in [-0.3, -0.25) is 4.79 Å². The van der Waals surface area contributed by atoms with Crippen LogP contribution in [0.15, 0.2) is 35.3 Å². The van der Waals surface area contributed by atoms with Crippen molar-refractivity contribution in [2.24, 2.45) is 4.99 Å². The summed E-state index contributed by atoms with van der Waals surface area (Å²) in [6.45, 7) is 7.33. The first-order valence-corrected chi connectivity index (χ1v) is 9.90. The Balaban J connectivity index is 0.00000841. The van der Waals surface area contributed by atoms with Gasteiger partial charge in [0, 0.05) is 33.7 Å². The summed E-state index contributed by atoms with van der Waals surface area (Å²) < 4.78 is 5.20. The van der Waals surface area contributed by atoms with Crippen LogP contribution in [0.2, 0.25) is 0 Å². The number of rotatable bonds is 9. The second-order valence-electron chi connectivity index (χ2n) is 7.82. The maximum atomic E-state index is 11.8. The van der Waals surface area contributed by atoms with Crippen LogP contribution in [0.1, 0.15) is 32.8 Å². The van der Waals surface area contributed by atoms with Crippen LogP contribution < -0.4 is 16.0 Å². The van der Waals surface area contributed by atoms with Crippen LogP contribution in [0.3, 0.4) is 0 Å². The van der Waals surface area contributed by atoms with E-state index in [1.54, 1.807) is 14.1 Å². The van der Waals surface area contributed by atoms with Gasteiger partial charge in [-0.1, -0.05) is 30.3 Å². The molecule has 3 N–H and O–H groups in total. The lowest BCUT2D eigenvalue weighted by atomic mass is 10.1. The number of benzene rings is 1. The molecule has 0 bridgehead atoms. The molecule has 0 fully saturated rings. The summed E-state index contributed by atoms with van der Waals surface area (Å²) >= 11 is 0. The average Bonchev–Trinajstić information content (AvgIpc) is 2.64. The van der Waals surface area contributed by atoms with Crippen molar-refractivity contribution < 1.29 is 14.3 Å². The normalized spacial score (nSPS) is 11.2. The van der Waals surface area contributed by atoms with Gasteiger partial charge in [-0.05, 0) is 39.2 Å². The first kappa shape index (κ1) is 28.0. The van der Waals surface area contributed by atoms with Crippen molar-refractivity contribution in [1.29, 1.82) is 0 Å². The van der Waals surface area contributed by atoms with Gasteiger partial charge < -0.3 is 25.6 Å². The minimum absolute atomic E-state index is 0. The summed E-state index contributed by atoms with van der Waals surface area (Å²) in [5.74, 6) is 0.508. The summed E-state index contributed by atoms with van der Waals surface area (Å²) in [7, 11) is 3.41. The Bertz CT molecular complexity index is 660. The fraction of sp³-hybridized carbons (Fsp3) is 0.571. The molecule has 0 spiro atoms. The second kappa shape index (κ2) is 14.9. The highest BCUT2D eigenvalue weighted by atomic mass is 127. The Morgan fingerprint density at radius 2 is 1.60 bits per heavy atom. The van der Waals surface area contributed by atoms with E-state index in [-0.39, 0.29) is 36.4 Å². The average molecular weight is 533 g/mol. The van der Waals surface area contributed by atoms with Gasteiger partial charge in [0.1, 0.15) is 12.1 Å². The zero-order valence-electron chi connectivity index (χ0n) is 18.7. The molecule has 0 unspecified atom stereocenters. The van der Waals surface area contributed by atoms with Gasteiger partial charge in [0.15, 0.2) is 5.96 Å². The van der Waals surface area contributed by atoms with Gasteiger partial charge in [0.25, 0.3) is 0 Å². The third-order valence-electron chi connectivity index (χ3n) is 3.73. The molecule has 0 atom stereocenters. The lowest BCUT2D eigenvalue weighted by Gasteiger charge is -2.19. The largest absolute Gasteiger partial charge is 0.444 e. The predicted octanol–water partition coefficient (Wildman–Crippen LogP) is 2.39. The summed E-state index contributed by atoms with van der Waals surface area (Å²) in [6, 6.07) is 10.2. The Kier molecular flexibility index (Phi) is 13.9. The number of nitrogens with zero attached hydrogens (tertiary/aromatic N) is 2. The molecule has 0 saturated heterocycles. The third-order valence-corrected chi connectivity index (χ3v) is 3.73. The molecular weight excluding hydrogens is 497 g/mol. The van der Waals surface area contributed by atoms with Crippen molar-refractivity contribution in [2.75, 3.05) is 40.3 Å². The lowest BCUT2D eigenvalue weighted by molar-refractivity contribution is -0.127.